The lowest BCUT2D eigenvalue weighted by molar-refractivity contribution is -0.142. The van der Waals surface area contributed by atoms with E-state index in [0.717, 1.165) is 50.9 Å². The van der Waals surface area contributed by atoms with Gasteiger partial charge >= 0.3 is 5.97 Å². The summed E-state index contributed by atoms with van der Waals surface area (Å²) >= 11 is 0. The van der Waals surface area contributed by atoms with Crippen LogP contribution in [0.1, 0.15) is 62.1 Å². The van der Waals surface area contributed by atoms with Crippen molar-refractivity contribution in [3.05, 3.63) is 17.5 Å². The molecule has 0 unspecified atom stereocenters. The number of aryl methyl sites for hydroxylation is 1. The van der Waals surface area contributed by atoms with Gasteiger partial charge < -0.3 is 10.0 Å². The van der Waals surface area contributed by atoms with Crippen LogP contribution in [0.15, 0.2) is 6.07 Å². The van der Waals surface area contributed by atoms with Gasteiger partial charge in [0.15, 0.2) is 0 Å². The van der Waals surface area contributed by atoms with Crippen molar-refractivity contribution in [2.45, 2.75) is 58.4 Å². The third kappa shape index (κ3) is 3.77. The van der Waals surface area contributed by atoms with Crippen LogP contribution < -0.4 is 0 Å². The first-order chi connectivity index (χ1) is 12.5. The normalized spacial score (nSPS) is 22.8. The number of carboxylic acids is 1. The fourth-order valence-corrected chi connectivity index (χ4v) is 4.49. The topological polar surface area (TPSA) is 89.5 Å². The molecule has 1 aromatic rings. The highest BCUT2D eigenvalue weighted by atomic mass is 16.4. The van der Waals surface area contributed by atoms with Crippen molar-refractivity contribution in [3.63, 3.8) is 0 Å². The Bertz CT molecular complexity index is 649. The number of aromatic amines is 1. The van der Waals surface area contributed by atoms with Gasteiger partial charge in [0, 0.05) is 25.3 Å². The van der Waals surface area contributed by atoms with Crippen molar-refractivity contribution >= 4 is 11.9 Å². The number of carbonyl (C=O) groups excluding carboxylic acids is 1. The third-order valence-electron chi connectivity index (χ3n) is 5.88. The fourth-order valence-electron chi connectivity index (χ4n) is 4.49. The summed E-state index contributed by atoms with van der Waals surface area (Å²) in [6.07, 6.45) is 5.31. The van der Waals surface area contributed by atoms with Crippen molar-refractivity contribution in [3.8, 4) is 0 Å². The lowest BCUT2D eigenvalue weighted by Gasteiger charge is -2.39. The summed E-state index contributed by atoms with van der Waals surface area (Å²) in [7, 11) is 0. The molecule has 0 radical (unpaired) electrons. The Balaban J connectivity index is 1.61. The zero-order chi connectivity index (χ0) is 18.7. The van der Waals surface area contributed by atoms with Crippen molar-refractivity contribution < 1.29 is 14.7 Å². The number of hydrogen-bond acceptors (Lipinski definition) is 4. The van der Waals surface area contributed by atoms with Crippen LogP contribution >= 0.6 is 0 Å². The quantitative estimate of drug-likeness (QED) is 0.809. The van der Waals surface area contributed by atoms with Gasteiger partial charge in [-0.3, -0.25) is 19.6 Å². The number of aliphatic carboxylic acids is 1. The van der Waals surface area contributed by atoms with Gasteiger partial charge in [0.2, 0.25) is 0 Å². The average Bonchev–Trinajstić information content (AvgIpc) is 3.21. The highest BCUT2D eigenvalue weighted by Crippen LogP contribution is 2.43. The van der Waals surface area contributed by atoms with Crippen LogP contribution in [-0.2, 0) is 11.2 Å². The molecule has 0 aliphatic carbocycles. The molecule has 1 atom stereocenters. The number of H-pyrrole nitrogens is 1. The van der Waals surface area contributed by atoms with E-state index in [1.54, 1.807) is 0 Å². The van der Waals surface area contributed by atoms with E-state index in [0.29, 0.717) is 25.2 Å². The van der Waals surface area contributed by atoms with Crippen molar-refractivity contribution in [2.75, 3.05) is 26.2 Å². The van der Waals surface area contributed by atoms with E-state index >= 15 is 0 Å². The molecule has 26 heavy (non-hydrogen) atoms. The predicted molar refractivity (Wildman–Crippen MR) is 98.1 cm³/mol. The summed E-state index contributed by atoms with van der Waals surface area (Å²) in [5.74, 6) is -0.731. The summed E-state index contributed by atoms with van der Waals surface area (Å²) < 4.78 is 0. The zero-order valence-corrected chi connectivity index (χ0v) is 15.8. The lowest BCUT2D eigenvalue weighted by atomic mass is 9.76. The second kappa shape index (κ2) is 7.78. The molecule has 144 valence electrons. The first-order valence-electron chi connectivity index (χ1n) is 9.78. The number of amides is 1. The predicted octanol–water partition coefficient (Wildman–Crippen LogP) is 2.15. The summed E-state index contributed by atoms with van der Waals surface area (Å²) in [4.78, 5) is 28.3. The molecule has 0 saturated carbocycles. The molecular weight excluding hydrogens is 332 g/mol. The van der Waals surface area contributed by atoms with Crippen LogP contribution in [0.3, 0.4) is 0 Å². The van der Waals surface area contributed by atoms with E-state index in [4.69, 9.17) is 0 Å². The maximum absolute atomic E-state index is 12.7. The van der Waals surface area contributed by atoms with Gasteiger partial charge in [-0.25, -0.2) is 0 Å². The average molecular weight is 362 g/mol. The van der Waals surface area contributed by atoms with Crippen molar-refractivity contribution in [2.24, 2.45) is 5.41 Å². The van der Waals surface area contributed by atoms with Crippen LogP contribution in [0.4, 0.5) is 0 Å². The number of carbonyl (C=O) groups is 2. The van der Waals surface area contributed by atoms with Crippen LogP contribution in [0.2, 0.25) is 0 Å². The van der Waals surface area contributed by atoms with Crippen molar-refractivity contribution in [1.82, 2.24) is 20.0 Å². The minimum absolute atomic E-state index is 0.0170. The minimum atomic E-state index is -0.714. The summed E-state index contributed by atoms with van der Waals surface area (Å²) in [5.41, 5.74) is 1.53. The smallest absolute Gasteiger partial charge is 0.320 e. The first kappa shape index (κ1) is 18.9. The molecule has 2 fully saturated rings. The molecule has 2 aliphatic heterocycles. The van der Waals surface area contributed by atoms with Gasteiger partial charge in [-0.1, -0.05) is 20.3 Å². The molecule has 0 bridgehead atoms. The molecule has 2 N–H and O–H groups in total. The third-order valence-corrected chi connectivity index (χ3v) is 5.88. The number of aromatic nitrogens is 2. The zero-order valence-electron chi connectivity index (χ0n) is 15.8. The molecule has 7 nitrogen and oxygen atoms in total. The standard InChI is InChI=1S/C19H30N4O3/c1-3-5-14-11-15(21-20-14)17(24)22-9-6-19(7-10-22)12-16(18(25)26)23(13-19)8-4-2/h11,16H,3-10,12-13H2,1-2H3,(H,20,21)(H,25,26)/t16-/m0/s1. The first-order valence-corrected chi connectivity index (χ1v) is 9.78. The number of piperidine rings is 1. The molecule has 7 heteroatoms. The van der Waals surface area contributed by atoms with E-state index in [-0.39, 0.29) is 17.4 Å². The fraction of sp³-hybridized carbons (Fsp3) is 0.737. The van der Waals surface area contributed by atoms with Crippen LogP contribution in [0.25, 0.3) is 0 Å². The second-order valence-electron chi connectivity index (χ2n) is 7.85. The van der Waals surface area contributed by atoms with Gasteiger partial charge in [-0.2, -0.15) is 5.10 Å². The van der Waals surface area contributed by atoms with E-state index in [1.165, 1.54) is 0 Å². The van der Waals surface area contributed by atoms with Crippen LogP contribution in [0, 0.1) is 5.41 Å². The largest absolute Gasteiger partial charge is 0.480 e. The number of carboxylic acid groups (broad SMARTS) is 1. The number of likely N-dealkylation sites (tertiary alicyclic amines) is 2. The summed E-state index contributed by atoms with van der Waals surface area (Å²) in [6.45, 7) is 7.21. The molecule has 3 heterocycles. The van der Waals surface area contributed by atoms with E-state index in [9.17, 15) is 14.7 Å². The number of rotatable bonds is 6. The molecule has 0 aromatic carbocycles. The van der Waals surface area contributed by atoms with Gasteiger partial charge in [0.1, 0.15) is 11.7 Å². The molecule has 2 saturated heterocycles. The molecule has 3 rings (SSSR count). The SMILES string of the molecule is CCCc1cc(C(=O)N2CCC3(CC2)C[C@@H](C(=O)O)N(CCC)C3)n[nH]1. The Morgan fingerprint density at radius 1 is 1.31 bits per heavy atom. The van der Waals surface area contributed by atoms with Gasteiger partial charge in [0.25, 0.3) is 5.91 Å². The Morgan fingerprint density at radius 2 is 2.04 bits per heavy atom. The molecular formula is C19H30N4O3. The summed E-state index contributed by atoms with van der Waals surface area (Å²) in [5, 5.41) is 16.7. The Hall–Kier alpha value is -1.89. The highest BCUT2D eigenvalue weighted by molar-refractivity contribution is 5.92. The number of nitrogens with zero attached hydrogens (tertiary/aromatic N) is 3. The number of hydrogen-bond donors (Lipinski definition) is 2. The van der Waals surface area contributed by atoms with Gasteiger partial charge in [-0.15, -0.1) is 0 Å². The molecule has 1 aromatic heterocycles. The van der Waals surface area contributed by atoms with Crippen LogP contribution in [0.5, 0.6) is 0 Å². The van der Waals surface area contributed by atoms with E-state index in [2.05, 4.69) is 28.9 Å². The number of nitrogens with one attached hydrogen (secondary N) is 1. The second-order valence-corrected chi connectivity index (χ2v) is 7.85. The van der Waals surface area contributed by atoms with Crippen molar-refractivity contribution in [1.29, 1.82) is 0 Å². The maximum atomic E-state index is 12.7. The van der Waals surface area contributed by atoms with Gasteiger partial charge in [-0.05, 0) is 50.1 Å². The molecule has 2 aliphatic rings. The van der Waals surface area contributed by atoms with Crippen LogP contribution in [-0.4, -0.2) is 69.2 Å². The minimum Gasteiger partial charge on any atom is -0.480 e. The Labute approximate surface area is 154 Å². The maximum Gasteiger partial charge on any atom is 0.320 e. The molecule has 1 spiro atoms. The Kier molecular flexibility index (Phi) is 5.65. The van der Waals surface area contributed by atoms with E-state index in [1.807, 2.05) is 11.0 Å². The van der Waals surface area contributed by atoms with Gasteiger partial charge in [0.05, 0.1) is 0 Å². The van der Waals surface area contributed by atoms with E-state index < -0.39 is 5.97 Å². The molecule has 1 amide bonds. The lowest BCUT2D eigenvalue weighted by Crippen LogP contribution is -2.44. The monoisotopic (exact) mass is 362 g/mol. The highest BCUT2D eigenvalue weighted by Gasteiger charge is 2.48. The Morgan fingerprint density at radius 3 is 2.65 bits per heavy atom. The summed E-state index contributed by atoms with van der Waals surface area (Å²) in [6, 6.07) is 1.48.